The van der Waals surface area contributed by atoms with Gasteiger partial charge in [-0.3, -0.25) is 4.98 Å². The molecule has 2 aromatic carbocycles. The molecule has 3 heteroatoms. The predicted molar refractivity (Wildman–Crippen MR) is 113 cm³/mol. The van der Waals surface area contributed by atoms with Crippen molar-refractivity contribution in [3.63, 3.8) is 0 Å². The number of hydrogen-bond acceptors (Lipinski definition) is 3. The zero-order chi connectivity index (χ0) is 18.4. The number of pyridine rings is 1. The highest BCUT2D eigenvalue weighted by Crippen LogP contribution is 2.49. The van der Waals surface area contributed by atoms with E-state index in [4.69, 9.17) is 4.74 Å². The van der Waals surface area contributed by atoms with E-state index in [0.29, 0.717) is 0 Å². The lowest BCUT2D eigenvalue weighted by Gasteiger charge is -2.38. The van der Waals surface area contributed by atoms with Gasteiger partial charge in [-0.25, -0.2) is 0 Å². The van der Waals surface area contributed by atoms with Crippen LogP contribution in [-0.2, 0) is 15.9 Å². The van der Waals surface area contributed by atoms with Crippen LogP contribution in [0.25, 0.3) is 0 Å². The van der Waals surface area contributed by atoms with E-state index in [1.807, 2.05) is 24.0 Å². The smallest absolute Gasteiger partial charge is 0.104 e. The fourth-order valence-electron chi connectivity index (χ4n) is 3.75. The van der Waals surface area contributed by atoms with Crippen LogP contribution in [0.4, 0.5) is 0 Å². The first kappa shape index (κ1) is 18.3. The van der Waals surface area contributed by atoms with Crippen LogP contribution >= 0.6 is 11.8 Å². The first-order valence-electron chi connectivity index (χ1n) is 9.67. The molecule has 2 heterocycles. The Kier molecular flexibility index (Phi) is 5.90. The number of rotatable bonds is 6. The van der Waals surface area contributed by atoms with E-state index in [9.17, 15) is 0 Å². The van der Waals surface area contributed by atoms with Crippen LogP contribution in [0.15, 0.2) is 85.1 Å². The summed E-state index contributed by atoms with van der Waals surface area (Å²) in [5.41, 5.74) is 3.93. The van der Waals surface area contributed by atoms with E-state index in [2.05, 4.69) is 77.8 Å². The Bertz CT molecular complexity index is 777. The van der Waals surface area contributed by atoms with Gasteiger partial charge in [0.2, 0.25) is 0 Å². The summed E-state index contributed by atoms with van der Waals surface area (Å²) in [6.07, 6.45) is 6.24. The summed E-state index contributed by atoms with van der Waals surface area (Å²) in [5, 5.41) is 0. The third kappa shape index (κ3) is 4.26. The molecule has 2 nitrogen and oxygen atoms in total. The summed E-state index contributed by atoms with van der Waals surface area (Å²) >= 11 is 1.95. The number of hydrogen-bond donors (Lipinski definition) is 0. The molecular formula is C24H25NOS. The van der Waals surface area contributed by atoms with Crippen molar-refractivity contribution in [3.8, 4) is 0 Å². The minimum absolute atomic E-state index is 0.211. The average molecular weight is 376 g/mol. The maximum absolute atomic E-state index is 6.16. The van der Waals surface area contributed by atoms with Gasteiger partial charge >= 0.3 is 0 Å². The molecule has 1 aliphatic heterocycles. The SMILES string of the molecule is c1ccc(C(Cc2ccccn2)(SC2CCCCO2)c2ccccc2)cc1. The first-order chi connectivity index (χ1) is 13.4. The molecule has 1 saturated heterocycles. The van der Waals surface area contributed by atoms with Gasteiger partial charge in [0, 0.05) is 24.9 Å². The molecule has 0 N–H and O–H groups in total. The van der Waals surface area contributed by atoms with Gasteiger partial charge in [-0.05, 0) is 42.5 Å². The third-order valence-electron chi connectivity index (χ3n) is 5.11. The van der Waals surface area contributed by atoms with E-state index in [1.54, 1.807) is 0 Å². The van der Waals surface area contributed by atoms with Gasteiger partial charge in [0.25, 0.3) is 0 Å². The average Bonchev–Trinajstić information content (AvgIpc) is 2.76. The lowest BCUT2D eigenvalue weighted by atomic mass is 9.86. The van der Waals surface area contributed by atoms with Crippen LogP contribution in [0.1, 0.15) is 36.1 Å². The van der Waals surface area contributed by atoms with Crippen molar-refractivity contribution in [3.05, 3.63) is 102 Å². The molecule has 1 aliphatic rings. The lowest BCUT2D eigenvalue weighted by molar-refractivity contribution is 0.0719. The Labute approximate surface area is 166 Å². The second-order valence-corrected chi connectivity index (χ2v) is 8.43. The van der Waals surface area contributed by atoms with E-state index in [0.717, 1.165) is 25.1 Å². The quantitative estimate of drug-likeness (QED) is 0.541. The molecule has 0 amide bonds. The van der Waals surface area contributed by atoms with E-state index in [-0.39, 0.29) is 10.2 Å². The number of aromatic nitrogens is 1. The fraction of sp³-hybridized carbons (Fsp3) is 0.292. The van der Waals surface area contributed by atoms with Crippen molar-refractivity contribution in [2.75, 3.05) is 6.61 Å². The van der Waals surface area contributed by atoms with Gasteiger partial charge < -0.3 is 4.74 Å². The van der Waals surface area contributed by atoms with Crippen molar-refractivity contribution < 1.29 is 4.74 Å². The normalized spacial score (nSPS) is 17.6. The summed E-state index contributed by atoms with van der Waals surface area (Å²) in [7, 11) is 0. The van der Waals surface area contributed by atoms with Gasteiger partial charge in [-0.1, -0.05) is 66.7 Å². The number of nitrogens with zero attached hydrogens (tertiary/aromatic N) is 1. The molecule has 0 spiro atoms. The first-order valence-corrected chi connectivity index (χ1v) is 10.6. The Hall–Kier alpha value is -2.10. The molecule has 0 saturated carbocycles. The van der Waals surface area contributed by atoms with Gasteiger partial charge in [0.15, 0.2) is 0 Å². The molecule has 0 bridgehead atoms. The molecule has 27 heavy (non-hydrogen) atoms. The Morgan fingerprint density at radius 2 is 1.52 bits per heavy atom. The van der Waals surface area contributed by atoms with Crippen LogP contribution < -0.4 is 0 Å². The number of thioether (sulfide) groups is 1. The fourth-order valence-corrected chi connectivity index (χ4v) is 5.42. The zero-order valence-corrected chi connectivity index (χ0v) is 16.3. The number of ether oxygens (including phenoxy) is 1. The van der Waals surface area contributed by atoms with Crippen molar-refractivity contribution >= 4 is 11.8 Å². The minimum atomic E-state index is -0.223. The van der Waals surface area contributed by atoms with Crippen molar-refractivity contribution in [1.29, 1.82) is 0 Å². The lowest BCUT2D eigenvalue weighted by Crippen LogP contribution is -2.32. The molecule has 3 aromatic rings. The molecule has 138 valence electrons. The third-order valence-corrected chi connectivity index (χ3v) is 6.76. The molecule has 4 rings (SSSR count). The molecule has 1 fully saturated rings. The highest BCUT2D eigenvalue weighted by atomic mass is 32.2. The Morgan fingerprint density at radius 1 is 0.852 bits per heavy atom. The summed E-state index contributed by atoms with van der Waals surface area (Å²) < 4.78 is 5.93. The van der Waals surface area contributed by atoms with Crippen LogP contribution in [0.3, 0.4) is 0 Å². The monoisotopic (exact) mass is 375 g/mol. The van der Waals surface area contributed by atoms with Gasteiger partial charge in [0.05, 0.1) is 4.75 Å². The van der Waals surface area contributed by atoms with Crippen molar-refractivity contribution in [2.24, 2.45) is 0 Å². The van der Waals surface area contributed by atoms with E-state index >= 15 is 0 Å². The Morgan fingerprint density at radius 3 is 2.07 bits per heavy atom. The Balaban J connectivity index is 1.82. The van der Waals surface area contributed by atoms with Gasteiger partial charge in [-0.2, -0.15) is 0 Å². The maximum atomic E-state index is 6.16. The summed E-state index contributed by atoms with van der Waals surface area (Å²) in [6.45, 7) is 0.862. The highest BCUT2D eigenvalue weighted by molar-refractivity contribution is 8.00. The summed E-state index contributed by atoms with van der Waals surface area (Å²) in [5.74, 6) is 0. The van der Waals surface area contributed by atoms with Crippen molar-refractivity contribution in [1.82, 2.24) is 4.98 Å². The van der Waals surface area contributed by atoms with Gasteiger partial charge in [0.1, 0.15) is 5.44 Å². The van der Waals surface area contributed by atoms with Crippen LogP contribution in [0.2, 0.25) is 0 Å². The maximum Gasteiger partial charge on any atom is 0.104 e. The zero-order valence-electron chi connectivity index (χ0n) is 15.5. The molecule has 0 radical (unpaired) electrons. The topological polar surface area (TPSA) is 22.1 Å². The largest absolute Gasteiger partial charge is 0.368 e. The minimum Gasteiger partial charge on any atom is -0.368 e. The molecule has 1 aromatic heterocycles. The second-order valence-electron chi connectivity index (χ2n) is 6.97. The highest BCUT2D eigenvalue weighted by Gasteiger charge is 2.39. The predicted octanol–water partition coefficient (Wildman–Crippen LogP) is 5.83. The van der Waals surface area contributed by atoms with Crippen LogP contribution in [0, 0.1) is 0 Å². The van der Waals surface area contributed by atoms with E-state index in [1.165, 1.54) is 24.0 Å². The molecule has 1 atom stereocenters. The molecule has 1 unspecified atom stereocenters. The summed E-state index contributed by atoms with van der Waals surface area (Å²) in [4.78, 5) is 4.65. The van der Waals surface area contributed by atoms with Crippen LogP contribution in [-0.4, -0.2) is 17.0 Å². The summed E-state index contributed by atoms with van der Waals surface area (Å²) in [6, 6.07) is 27.9. The van der Waals surface area contributed by atoms with E-state index < -0.39 is 0 Å². The second kappa shape index (κ2) is 8.73. The number of benzene rings is 2. The standard InChI is InChI=1S/C24H25NOS/c1-3-11-20(12-4-1)24(21-13-5-2-6-14-21,19-22-15-7-9-17-25-22)27-23-16-8-10-18-26-23/h1-7,9,11-15,17,23H,8,10,16,18-19H2. The van der Waals surface area contributed by atoms with Gasteiger partial charge in [-0.15, -0.1) is 11.8 Å². The van der Waals surface area contributed by atoms with Crippen molar-refractivity contribution in [2.45, 2.75) is 35.9 Å². The molecule has 0 aliphatic carbocycles. The molecular weight excluding hydrogens is 350 g/mol. The van der Waals surface area contributed by atoms with Crippen LogP contribution in [0.5, 0.6) is 0 Å².